The fraction of sp³-hybridized carbons (Fsp3) is 0.571. The Hall–Kier alpha value is -0.600. The normalized spacial score (nSPS) is 15.0. The summed E-state index contributed by atoms with van der Waals surface area (Å²) in [5.41, 5.74) is 0.227. The van der Waals surface area contributed by atoms with E-state index in [1.807, 2.05) is 0 Å². The predicted octanol–water partition coefficient (Wildman–Crippen LogP) is 4.58. The molecule has 0 aliphatic carbocycles. The lowest BCUT2D eigenvalue weighted by molar-refractivity contribution is 0.138. The second-order valence-corrected chi connectivity index (χ2v) is 5.53. The fourth-order valence-electron chi connectivity index (χ4n) is 2.23. The van der Waals surface area contributed by atoms with Crippen LogP contribution in [0.3, 0.4) is 0 Å². The molecule has 0 aliphatic rings. The van der Waals surface area contributed by atoms with Crippen molar-refractivity contribution in [2.75, 3.05) is 0 Å². The maximum Gasteiger partial charge on any atom is 0.130 e. The molecule has 96 valence electrons. The minimum absolute atomic E-state index is 0.227. The molecule has 17 heavy (non-hydrogen) atoms. The van der Waals surface area contributed by atoms with Crippen LogP contribution in [0, 0.1) is 17.7 Å². The van der Waals surface area contributed by atoms with Gasteiger partial charge in [0.05, 0.1) is 6.10 Å². The number of hydrogen-bond acceptors (Lipinski definition) is 1. The second kappa shape index (κ2) is 6.36. The van der Waals surface area contributed by atoms with E-state index in [4.69, 9.17) is 11.6 Å². The van der Waals surface area contributed by atoms with E-state index in [9.17, 15) is 9.50 Å². The highest BCUT2D eigenvalue weighted by Gasteiger charge is 2.19. The van der Waals surface area contributed by atoms with Crippen molar-refractivity contribution in [3.63, 3.8) is 0 Å². The fourth-order valence-corrected chi connectivity index (χ4v) is 2.52. The Kier molecular flexibility index (Phi) is 5.41. The Morgan fingerprint density at radius 3 is 2.41 bits per heavy atom. The van der Waals surface area contributed by atoms with Crippen molar-refractivity contribution in [3.05, 3.63) is 34.6 Å². The summed E-state index contributed by atoms with van der Waals surface area (Å²) in [5.74, 6) is 0.496. The van der Waals surface area contributed by atoms with Gasteiger partial charge in [0.25, 0.3) is 0 Å². The molecule has 1 aromatic carbocycles. The molecule has 0 radical (unpaired) electrons. The second-order valence-electron chi connectivity index (χ2n) is 5.12. The zero-order chi connectivity index (χ0) is 13.0. The first kappa shape index (κ1) is 14.5. The van der Waals surface area contributed by atoms with Gasteiger partial charge in [0.15, 0.2) is 0 Å². The van der Waals surface area contributed by atoms with Crippen molar-refractivity contribution in [1.82, 2.24) is 0 Å². The van der Waals surface area contributed by atoms with Crippen LogP contribution in [0.1, 0.15) is 45.3 Å². The average Bonchev–Trinajstić information content (AvgIpc) is 2.15. The average molecular weight is 259 g/mol. The van der Waals surface area contributed by atoms with Gasteiger partial charge in [-0.15, -0.1) is 0 Å². The molecule has 1 rings (SSSR count). The maximum absolute atomic E-state index is 13.6. The van der Waals surface area contributed by atoms with Gasteiger partial charge in [-0.25, -0.2) is 4.39 Å². The summed E-state index contributed by atoms with van der Waals surface area (Å²) in [5, 5.41) is 10.3. The molecule has 0 saturated carbocycles. The molecule has 3 heteroatoms. The smallest absolute Gasteiger partial charge is 0.130 e. The first-order chi connectivity index (χ1) is 7.91. The number of hydrogen-bond donors (Lipinski definition) is 1. The maximum atomic E-state index is 13.6. The molecule has 1 N–H and O–H groups in total. The minimum Gasteiger partial charge on any atom is -0.388 e. The monoisotopic (exact) mass is 258 g/mol. The lowest BCUT2D eigenvalue weighted by Crippen LogP contribution is -2.09. The SMILES string of the molecule is CC(C)CC(C)CC(O)c1c(F)cccc1Cl. The number of aliphatic hydroxyl groups is 1. The van der Waals surface area contributed by atoms with E-state index in [0.29, 0.717) is 23.3 Å². The molecule has 2 unspecified atom stereocenters. The topological polar surface area (TPSA) is 20.2 Å². The van der Waals surface area contributed by atoms with Gasteiger partial charge in [0, 0.05) is 10.6 Å². The highest BCUT2D eigenvalue weighted by Crippen LogP contribution is 2.31. The molecule has 0 heterocycles. The van der Waals surface area contributed by atoms with Gasteiger partial charge in [-0.2, -0.15) is 0 Å². The van der Waals surface area contributed by atoms with E-state index >= 15 is 0 Å². The van der Waals surface area contributed by atoms with Gasteiger partial charge in [0.1, 0.15) is 5.82 Å². The number of halogens is 2. The Labute approximate surface area is 108 Å². The molecule has 0 spiro atoms. The van der Waals surface area contributed by atoms with Crippen molar-refractivity contribution in [1.29, 1.82) is 0 Å². The van der Waals surface area contributed by atoms with Crippen LogP contribution in [-0.4, -0.2) is 5.11 Å². The van der Waals surface area contributed by atoms with Crippen molar-refractivity contribution in [3.8, 4) is 0 Å². The van der Waals surface area contributed by atoms with Crippen LogP contribution in [0.15, 0.2) is 18.2 Å². The molecule has 2 atom stereocenters. The van der Waals surface area contributed by atoms with Gasteiger partial charge in [-0.3, -0.25) is 0 Å². The van der Waals surface area contributed by atoms with Gasteiger partial charge >= 0.3 is 0 Å². The van der Waals surface area contributed by atoms with Crippen LogP contribution in [-0.2, 0) is 0 Å². The first-order valence-electron chi connectivity index (χ1n) is 6.03. The molecule has 1 nitrogen and oxygen atoms in total. The third kappa shape index (κ3) is 4.29. The Morgan fingerprint density at radius 1 is 1.24 bits per heavy atom. The van der Waals surface area contributed by atoms with E-state index in [0.717, 1.165) is 6.42 Å². The molecular weight excluding hydrogens is 239 g/mol. The van der Waals surface area contributed by atoms with Crippen molar-refractivity contribution < 1.29 is 9.50 Å². The number of aliphatic hydroxyl groups excluding tert-OH is 1. The Bertz CT molecular complexity index is 345. The highest BCUT2D eigenvalue weighted by atomic mass is 35.5. The van der Waals surface area contributed by atoms with Gasteiger partial charge < -0.3 is 5.11 Å². The number of rotatable bonds is 5. The summed E-state index contributed by atoms with van der Waals surface area (Å²) in [4.78, 5) is 0. The molecule has 0 aromatic heterocycles. The lowest BCUT2D eigenvalue weighted by atomic mass is 9.91. The summed E-state index contributed by atoms with van der Waals surface area (Å²) < 4.78 is 13.6. The van der Waals surface area contributed by atoms with E-state index in [1.54, 1.807) is 12.1 Å². The Balaban J connectivity index is 2.73. The zero-order valence-corrected chi connectivity index (χ0v) is 11.3. The zero-order valence-electron chi connectivity index (χ0n) is 10.6. The third-order valence-corrected chi connectivity index (χ3v) is 3.16. The van der Waals surface area contributed by atoms with E-state index in [1.165, 1.54) is 6.07 Å². The van der Waals surface area contributed by atoms with E-state index in [-0.39, 0.29) is 5.56 Å². The summed E-state index contributed by atoms with van der Waals surface area (Å²) in [6.45, 7) is 6.34. The standard InChI is InChI=1S/C14H20ClFO/c1-9(2)7-10(3)8-13(17)14-11(15)5-4-6-12(14)16/h4-6,9-10,13,17H,7-8H2,1-3H3. The van der Waals surface area contributed by atoms with Crippen LogP contribution in [0.5, 0.6) is 0 Å². The Morgan fingerprint density at radius 2 is 1.88 bits per heavy atom. The first-order valence-corrected chi connectivity index (χ1v) is 6.41. The quantitative estimate of drug-likeness (QED) is 0.819. The summed E-state index contributed by atoms with van der Waals surface area (Å²) in [6, 6.07) is 4.49. The summed E-state index contributed by atoms with van der Waals surface area (Å²) in [7, 11) is 0. The van der Waals surface area contributed by atoms with Crippen molar-refractivity contribution in [2.24, 2.45) is 11.8 Å². The van der Waals surface area contributed by atoms with Crippen LogP contribution in [0.4, 0.5) is 4.39 Å². The molecule has 0 saturated heterocycles. The van der Waals surface area contributed by atoms with Crippen molar-refractivity contribution in [2.45, 2.75) is 39.7 Å². The molecule has 0 bridgehead atoms. The van der Waals surface area contributed by atoms with Crippen LogP contribution < -0.4 is 0 Å². The van der Waals surface area contributed by atoms with E-state index in [2.05, 4.69) is 20.8 Å². The van der Waals surface area contributed by atoms with Gasteiger partial charge in [-0.05, 0) is 36.8 Å². The number of benzene rings is 1. The van der Waals surface area contributed by atoms with Crippen LogP contribution in [0.2, 0.25) is 5.02 Å². The third-order valence-electron chi connectivity index (χ3n) is 2.83. The minimum atomic E-state index is -0.822. The van der Waals surface area contributed by atoms with Gasteiger partial charge in [0.2, 0.25) is 0 Å². The lowest BCUT2D eigenvalue weighted by Gasteiger charge is -2.19. The predicted molar refractivity (Wildman–Crippen MR) is 69.6 cm³/mol. The molecule has 0 aliphatic heterocycles. The molecule has 0 amide bonds. The highest BCUT2D eigenvalue weighted by molar-refractivity contribution is 6.31. The van der Waals surface area contributed by atoms with Crippen molar-refractivity contribution >= 4 is 11.6 Å². The molecule has 1 aromatic rings. The summed E-state index contributed by atoms with van der Waals surface area (Å²) >= 11 is 5.91. The van der Waals surface area contributed by atoms with Crippen LogP contribution >= 0.6 is 11.6 Å². The largest absolute Gasteiger partial charge is 0.388 e. The molecular formula is C14H20ClFO. The van der Waals surface area contributed by atoms with E-state index < -0.39 is 11.9 Å². The van der Waals surface area contributed by atoms with Crippen LogP contribution in [0.25, 0.3) is 0 Å². The van der Waals surface area contributed by atoms with Gasteiger partial charge in [-0.1, -0.05) is 38.4 Å². The summed E-state index contributed by atoms with van der Waals surface area (Å²) in [6.07, 6.45) is 0.736. The molecule has 0 fully saturated rings.